The van der Waals surface area contributed by atoms with Crippen molar-refractivity contribution in [1.82, 2.24) is 5.32 Å². The minimum atomic E-state index is -0.140. The van der Waals surface area contributed by atoms with Crippen molar-refractivity contribution < 1.29 is 4.79 Å². The zero-order valence-electron chi connectivity index (χ0n) is 10.3. The summed E-state index contributed by atoms with van der Waals surface area (Å²) in [5.41, 5.74) is 6.61. The summed E-state index contributed by atoms with van der Waals surface area (Å²) >= 11 is 5.95. The maximum absolute atomic E-state index is 11.8. The topological polar surface area (TPSA) is 55.1 Å². The number of halogens is 1. The lowest BCUT2D eigenvalue weighted by Gasteiger charge is -2.08. The summed E-state index contributed by atoms with van der Waals surface area (Å²) < 4.78 is 0. The molecule has 0 aliphatic rings. The lowest BCUT2D eigenvalue weighted by atomic mass is 10.1. The van der Waals surface area contributed by atoms with E-state index in [-0.39, 0.29) is 5.91 Å². The van der Waals surface area contributed by atoms with Gasteiger partial charge in [0.2, 0.25) is 0 Å². The molecule has 0 unspecified atom stereocenters. The van der Waals surface area contributed by atoms with Gasteiger partial charge in [-0.2, -0.15) is 0 Å². The fourth-order valence-electron chi connectivity index (χ4n) is 1.52. The van der Waals surface area contributed by atoms with E-state index in [4.69, 9.17) is 17.3 Å². The smallest absolute Gasteiger partial charge is 0.252 e. The zero-order chi connectivity index (χ0) is 12.8. The van der Waals surface area contributed by atoms with Crippen molar-refractivity contribution in [3.05, 3.63) is 28.8 Å². The lowest BCUT2D eigenvalue weighted by molar-refractivity contribution is 0.0952. The molecule has 1 amide bonds. The van der Waals surface area contributed by atoms with Gasteiger partial charge in [0.25, 0.3) is 5.91 Å². The van der Waals surface area contributed by atoms with Crippen molar-refractivity contribution in [2.24, 2.45) is 5.92 Å². The number of rotatable bonds is 5. The van der Waals surface area contributed by atoms with E-state index in [0.29, 0.717) is 28.7 Å². The minimum absolute atomic E-state index is 0.140. The van der Waals surface area contributed by atoms with Gasteiger partial charge in [0.1, 0.15) is 0 Å². The first-order chi connectivity index (χ1) is 8.00. The Morgan fingerprint density at radius 1 is 1.47 bits per heavy atom. The van der Waals surface area contributed by atoms with Crippen LogP contribution in [0.5, 0.6) is 0 Å². The molecule has 0 bridgehead atoms. The lowest BCUT2D eigenvalue weighted by Crippen LogP contribution is -2.25. The number of nitrogen functional groups attached to an aromatic ring is 1. The predicted molar refractivity (Wildman–Crippen MR) is 72.3 cm³/mol. The Hall–Kier alpha value is -1.22. The van der Waals surface area contributed by atoms with Gasteiger partial charge in [0, 0.05) is 12.2 Å². The molecule has 0 saturated heterocycles. The van der Waals surface area contributed by atoms with E-state index in [9.17, 15) is 4.79 Å². The van der Waals surface area contributed by atoms with Crippen molar-refractivity contribution in [3.8, 4) is 0 Å². The Balaban J connectivity index is 2.47. The van der Waals surface area contributed by atoms with Crippen LogP contribution in [0, 0.1) is 5.92 Å². The predicted octanol–water partition coefficient (Wildman–Crippen LogP) is 3.09. The summed E-state index contributed by atoms with van der Waals surface area (Å²) in [5, 5.41) is 3.25. The Morgan fingerprint density at radius 3 is 2.76 bits per heavy atom. The highest BCUT2D eigenvalue weighted by Gasteiger charge is 2.09. The van der Waals surface area contributed by atoms with Gasteiger partial charge >= 0.3 is 0 Å². The van der Waals surface area contributed by atoms with Gasteiger partial charge < -0.3 is 11.1 Å². The summed E-state index contributed by atoms with van der Waals surface area (Å²) in [5.74, 6) is 0.519. The van der Waals surface area contributed by atoms with Crippen LogP contribution in [-0.2, 0) is 0 Å². The van der Waals surface area contributed by atoms with Crippen LogP contribution in [0.15, 0.2) is 18.2 Å². The largest absolute Gasteiger partial charge is 0.399 e. The second-order valence-corrected chi connectivity index (χ2v) is 4.94. The van der Waals surface area contributed by atoms with Crippen LogP contribution in [0.3, 0.4) is 0 Å². The fourth-order valence-corrected chi connectivity index (χ4v) is 1.80. The highest BCUT2D eigenvalue weighted by molar-refractivity contribution is 6.34. The molecular formula is C13H19ClN2O. The number of hydrogen-bond acceptors (Lipinski definition) is 2. The van der Waals surface area contributed by atoms with Crippen LogP contribution in [0.2, 0.25) is 5.02 Å². The molecule has 4 heteroatoms. The Bertz CT molecular complexity index is 391. The number of anilines is 1. The number of carbonyl (C=O) groups is 1. The third-order valence-corrected chi connectivity index (χ3v) is 2.79. The molecule has 0 saturated carbocycles. The summed E-state index contributed by atoms with van der Waals surface area (Å²) in [6.45, 7) is 5.01. The van der Waals surface area contributed by atoms with Gasteiger partial charge in [-0.15, -0.1) is 0 Å². The summed E-state index contributed by atoms with van der Waals surface area (Å²) in [4.78, 5) is 11.8. The van der Waals surface area contributed by atoms with Gasteiger partial charge in [0.15, 0.2) is 0 Å². The molecule has 0 fully saturated rings. The molecule has 0 aliphatic heterocycles. The molecular weight excluding hydrogens is 236 g/mol. The number of nitrogens with one attached hydrogen (secondary N) is 1. The Labute approximate surface area is 107 Å². The molecule has 17 heavy (non-hydrogen) atoms. The molecule has 3 N–H and O–H groups in total. The van der Waals surface area contributed by atoms with Gasteiger partial charge in [-0.1, -0.05) is 25.4 Å². The maximum atomic E-state index is 11.8. The molecule has 0 atom stereocenters. The highest BCUT2D eigenvalue weighted by atomic mass is 35.5. The first kappa shape index (κ1) is 13.8. The Morgan fingerprint density at radius 2 is 2.18 bits per heavy atom. The summed E-state index contributed by atoms with van der Waals surface area (Å²) in [6, 6.07) is 4.91. The molecule has 1 aromatic rings. The minimum Gasteiger partial charge on any atom is -0.399 e. The first-order valence-corrected chi connectivity index (χ1v) is 6.21. The summed E-state index contributed by atoms with van der Waals surface area (Å²) in [7, 11) is 0. The van der Waals surface area contributed by atoms with Crippen molar-refractivity contribution in [3.63, 3.8) is 0 Å². The number of benzene rings is 1. The van der Waals surface area contributed by atoms with E-state index in [0.717, 1.165) is 12.8 Å². The maximum Gasteiger partial charge on any atom is 0.252 e. The highest BCUT2D eigenvalue weighted by Crippen LogP contribution is 2.18. The van der Waals surface area contributed by atoms with Crippen molar-refractivity contribution in [2.75, 3.05) is 12.3 Å². The quantitative estimate of drug-likeness (QED) is 0.627. The monoisotopic (exact) mass is 254 g/mol. The van der Waals surface area contributed by atoms with Crippen molar-refractivity contribution in [2.45, 2.75) is 26.7 Å². The molecule has 3 nitrogen and oxygen atoms in total. The fraction of sp³-hybridized carbons (Fsp3) is 0.462. The molecule has 94 valence electrons. The average Bonchev–Trinajstić information content (AvgIpc) is 2.23. The first-order valence-electron chi connectivity index (χ1n) is 5.84. The molecule has 0 aliphatic carbocycles. The second kappa shape index (κ2) is 6.50. The number of amides is 1. The van der Waals surface area contributed by atoms with Crippen LogP contribution in [0.1, 0.15) is 37.0 Å². The molecule has 1 aromatic carbocycles. The number of carbonyl (C=O) groups excluding carboxylic acids is 1. The Kier molecular flexibility index (Phi) is 5.29. The van der Waals surface area contributed by atoms with Crippen LogP contribution in [0.4, 0.5) is 5.69 Å². The van der Waals surface area contributed by atoms with Crippen LogP contribution < -0.4 is 11.1 Å². The van der Waals surface area contributed by atoms with Gasteiger partial charge in [0.05, 0.1) is 10.6 Å². The van der Waals surface area contributed by atoms with E-state index in [1.54, 1.807) is 18.2 Å². The van der Waals surface area contributed by atoms with E-state index in [1.165, 1.54) is 0 Å². The number of hydrogen-bond donors (Lipinski definition) is 2. The molecule has 1 rings (SSSR count). The van der Waals surface area contributed by atoms with E-state index in [1.807, 2.05) is 0 Å². The normalized spacial score (nSPS) is 10.6. The van der Waals surface area contributed by atoms with Gasteiger partial charge in [-0.25, -0.2) is 0 Å². The van der Waals surface area contributed by atoms with Crippen LogP contribution >= 0.6 is 11.6 Å². The van der Waals surface area contributed by atoms with Crippen molar-refractivity contribution >= 4 is 23.2 Å². The molecule has 0 aromatic heterocycles. The third-order valence-electron chi connectivity index (χ3n) is 2.48. The van der Waals surface area contributed by atoms with Crippen molar-refractivity contribution in [1.29, 1.82) is 0 Å². The third kappa shape index (κ3) is 4.65. The second-order valence-electron chi connectivity index (χ2n) is 4.53. The van der Waals surface area contributed by atoms with Crippen LogP contribution in [-0.4, -0.2) is 12.5 Å². The van der Waals surface area contributed by atoms with E-state index in [2.05, 4.69) is 19.2 Å². The standard InChI is InChI=1S/C13H19ClN2O/c1-9(2)4-3-7-16-13(17)11-6-5-10(15)8-12(11)14/h5-6,8-9H,3-4,7,15H2,1-2H3,(H,16,17). The molecule has 0 spiro atoms. The SMILES string of the molecule is CC(C)CCCNC(=O)c1ccc(N)cc1Cl. The summed E-state index contributed by atoms with van der Waals surface area (Å²) in [6.07, 6.45) is 2.09. The van der Waals surface area contributed by atoms with E-state index < -0.39 is 0 Å². The van der Waals surface area contributed by atoms with Gasteiger partial charge in [-0.3, -0.25) is 4.79 Å². The zero-order valence-corrected chi connectivity index (χ0v) is 11.1. The van der Waals surface area contributed by atoms with Crippen LogP contribution in [0.25, 0.3) is 0 Å². The molecule has 0 heterocycles. The number of nitrogens with two attached hydrogens (primary N) is 1. The molecule has 0 radical (unpaired) electrons. The van der Waals surface area contributed by atoms with Gasteiger partial charge in [-0.05, 0) is 37.0 Å². The average molecular weight is 255 g/mol. The van der Waals surface area contributed by atoms with E-state index >= 15 is 0 Å².